The normalized spacial score (nSPS) is 10.3. The molecule has 2 N–H and O–H groups in total. The minimum Gasteiger partial charge on any atom is -0.504 e. The maximum absolute atomic E-state index is 9.36. The number of fused-ring (bicyclic) bond motifs is 1. The van der Waals surface area contributed by atoms with Crippen LogP contribution in [0.4, 0.5) is 0 Å². The number of aromatic nitrogens is 1. The van der Waals surface area contributed by atoms with E-state index in [4.69, 9.17) is 5.11 Å². The van der Waals surface area contributed by atoms with Crippen molar-refractivity contribution in [1.82, 2.24) is 4.98 Å². The van der Waals surface area contributed by atoms with E-state index in [9.17, 15) is 5.11 Å². The molecule has 12 heavy (non-hydrogen) atoms. The number of hydrogen-bond acceptors (Lipinski definition) is 3. The molecule has 0 unspecified atom stereocenters. The Hall–Kier alpha value is -1.77. The summed E-state index contributed by atoms with van der Waals surface area (Å²) in [6.07, 6.45) is 4.21. The first kappa shape index (κ1) is 6.91. The Balaban J connectivity index is 2.91. The van der Waals surface area contributed by atoms with Gasteiger partial charge in [-0.05, 0) is 18.2 Å². The molecule has 59 valence electrons. The molecule has 2 aromatic rings. The van der Waals surface area contributed by atoms with E-state index in [-0.39, 0.29) is 11.5 Å². The molecular weight excluding hydrogens is 154 g/mol. The van der Waals surface area contributed by atoms with Crippen molar-refractivity contribution in [3.8, 4) is 11.5 Å². The van der Waals surface area contributed by atoms with Crippen molar-refractivity contribution < 1.29 is 10.2 Å². The number of aromatic hydroxyl groups is 2. The van der Waals surface area contributed by atoms with Gasteiger partial charge >= 0.3 is 0 Å². The van der Waals surface area contributed by atoms with Crippen LogP contribution in [0.25, 0.3) is 10.8 Å². The Bertz CT molecular complexity index is 426. The SMILES string of the molecule is Oc1ccc2[c]nccc2c1O. The van der Waals surface area contributed by atoms with Gasteiger partial charge in [-0.2, -0.15) is 0 Å². The van der Waals surface area contributed by atoms with Crippen LogP contribution in [0, 0.1) is 6.20 Å². The molecule has 3 nitrogen and oxygen atoms in total. The van der Waals surface area contributed by atoms with Crippen molar-refractivity contribution >= 4 is 10.8 Å². The van der Waals surface area contributed by atoms with Crippen molar-refractivity contribution in [2.75, 3.05) is 0 Å². The summed E-state index contributed by atoms with van der Waals surface area (Å²) >= 11 is 0. The fraction of sp³-hybridized carbons (Fsp3) is 0. The maximum atomic E-state index is 9.36. The van der Waals surface area contributed by atoms with Gasteiger partial charge in [-0.15, -0.1) is 0 Å². The second kappa shape index (κ2) is 2.37. The van der Waals surface area contributed by atoms with Gasteiger partial charge in [-0.3, -0.25) is 4.98 Å². The Kier molecular flexibility index (Phi) is 1.37. The number of rotatable bonds is 0. The van der Waals surface area contributed by atoms with E-state index in [0.717, 1.165) is 0 Å². The molecule has 0 aliphatic carbocycles. The van der Waals surface area contributed by atoms with Crippen molar-refractivity contribution in [3.05, 3.63) is 30.6 Å². The molecule has 1 radical (unpaired) electrons. The molecule has 0 atom stereocenters. The smallest absolute Gasteiger partial charge is 0.165 e. The van der Waals surface area contributed by atoms with Crippen LogP contribution in [0.15, 0.2) is 24.4 Å². The average molecular weight is 160 g/mol. The van der Waals surface area contributed by atoms with E-state index >= 15 is 0 Å². The highest BCUT2D eigenvalue weighted by Crippen LogP contribution is 2.32. The van der Waals surface area contributed by atoms with E-state index in [1.165, 1.54) is 12.3 Å². The van der Waals surface area contributed by atoms with Crippen LogP contribution >= 0.6 is 0 Å². The van der Waals surface area contributed by atoms with Crippen molar-refractivity contribution in [3.63, 3.8) is 0 Å². The van der Waals surface area contributed by atoms with Crippen LogP contribution in [0.1, 0.15) is 0 Å². The molecule has 0 saturated carbocycles. The third-order valence-corrected chi connectivity index (χ3v) is 1.70. The number of hydrogen-bond donors (Lipinski definition) is 2. The maximum Gasteiger partial charge on any atom is 0.165 e. The zero-order valence-corrected chi connectivity index (χ0v) is 6.15. The summed E-state index contributed by atoms with van der Waals surface area (Å²) in [5.41, 5.74) is 0. The predicted molar refractivity (Wildman–Crippen MR) is 43.9 cm³/mol. The highest BCUT2D eigenvalue weighted by molar-refractivity contribution is 5.88. The van der Waals surface area contributed by atoms with Gasteiger partial charge in [0.15, 0.2) is 11.5 Å². The molecule has 3 heteroatoms. The molecule has 0 aliphatic rings. The number of nitrogens with zero attached hydrogens (tertiary/aromatic N) is 1. The van der Waals surface area contributed by atoms with Crippen molar-refractivity contribution in [2.45, 2.75) is 0 Å². The lowest BCUT2D eigenvalue weighted by molar-refractivity contribution is 0.408. The third-order valence-electron chi connectivity index (χ3n) is 1.70. The molecule has 1 aromatic carbocycles. The monoisotopic (exact) mass is 160 g/mol. The van der Waals surface area contributed by atoms with Crippen LogP contribution in [0.3, 0.4) is 0 Å². The second-order valence-corrected chi connectivity index (χ2v) is 2.45. The minimum atomic E-state index is -0.123. The van der Waals surface area contributed by atoms with Crippen LogP contribution in [0.2, 0.25) is 0 Å². The standard InChI is InChI=1S/C9H6NO2/c11-8-2-1-6-5-10-4-3-7(6)9(8)12/h1-4,11-12H. The minimum absolute atomic E-state index is 0.119. The Morgan fingerprint density at radius 3 is 2.83 bits per heavy atom. The third kappa shape index (κ3) is 0.871. The molecule has 1 heterocycles. The van der Waals surface area contributed by atoms with E-state index in [0.29, 0.717) is 10.8 Å². The Morgan fingerprint density at radius 2 is 2.00 bits per heavy atom. The number of phenolic OH excluding ortho intramolecular Hbond substituents is 2. The van der Waals surface area contributed by atoms with Crippen LogP contribution in [-0.4, -0.2) is 15.2 Å². The topological polar surface area (TPSA) is 53.4 Å². The molecule has 0 fully saturated rings. The molecule has 0 bridgehead atoms. The lowest BCUT2D eigenvalue weighted by Gasteiger charge is -2.00. The number of phenols is 2. The zero-order chi connectivity index (χ0) is 8.55. The molecule has 0 amide bonds. The molecule has 0 spiro atoms. The Morgan fingerprint density at radius 1 is 1.17 bits per heavy atom. The van der Waals surface area contributed by atoms with E-state index in [1.807, 2.05) is 0 Å². The van der Waals surface area contributed by atoms with E-state index in [2.05, 4.69) is 11.2 Å². The van der Waals surface area contributed by atoms with Crippen molar-refractivity contribution in [2.24, 2.45) is 0 Å². The molecular formula is C9H6NO2. The lowest BCUT2D eigenvalue weighted by atomic mass is 10.1. The van der Waals surface area contributed by atoms with Crippen LogP contribution < -0.4 is 0 Å². The van der Waals surface area contributed by atoms with Gasteiger partial charge in [0.1, 0.15) is 0 Å². The van der Waals surface area contributed by atoms with Gasteiger partial charge in [-0.1, -0.05) is 0 Å². The first-order chi connectivity index (χ1) is 5.79. The van der Waals surface area contributed by atoms with Crippen LogP contribution in [0.5, 0.6) is 11.5 Å². The Labute approximate surface area is 68.9 Å². The second-order valence-electron chi connectivity index (χ2n) is 2.45. The van der Waals surface area contributed by atoms with Crippen LogP contribution in [-0.2, 0) is 0 Å². The van der Waals surface area contributed by atoms with Gasteiger partial charge in [-0.25, -0.2) is 0 Å². The highest BCUT2D eigenvalue weighted by atomic mass is 16.3. The van der Waals surface area contributed by atoms with Gasteiger partial charge in [0.25, 0.3) is 0 Å². The summed E-state index contributed by atoms with van der Waals surface area (Å²) in [5, 5.41) is 19.7. The molecule has 2 rings (SSSR count). The molecule has 0 saturated heterocycles. The summed E-state index contributed by atoms with van der Waals surface area (Å²) in [6, 6.07) is 4.69. The predicted octanol–water partition coefficient (Wildman–Crippen LogP) is 1.45. The summed E-state index contributed by atoms with van der Waals surface area (Å²) in [7, 11) is 0. The zero-order valence-electron chi connectivity index (χ0n) is 6.15. The summed E-state index contributed by atoms with van der Waals surface area (Å²) in [6.45, 7) is 0. The van der Waals surface area contributed by atoms with Gasteiger partial charge in [0.2, 0.25) is 0 Å². The lowest BCUT2D eigenvalue weighted by Crippen LogP contribution is -1.76. The first-order valence-corrected chi connectivity index (χ1v) is 3.46. The average Bonchev–Trinajstić information content (AvgIpc) is 2.12. The van der Waals surface area contributed by atoms with Crippen molar-refractivity contribution in [1.29, 1.82) is 0 Å². The fourth-order valence-electron chi connectivity index (χ4n) is 1.08. The largest absolute Gasteiger partial charge is 0.504 e. The summed E-state index contributed by atoms with van der Waals surface area (Å²) in [4.78, 5) is 3.77. The fourth-order valence-corrected chi connectivity index (χ4v) is 1.08. The van der Waals surface area contributed by atoms with Gasteiger partial charge in [0, 0.05) is 17.0 Å². The van der Waals surface area contributed by atoms with E-state index < -0.39 is 0 Å². The molecule has 0 aliphatic heterocycles. The number of pyridine rings is 1. The quantitative estimate of drug-likeness (QED) is 0.573. The van der Waals surface area contributed by atoms with E-state index in [1.54, 1.807) is 12.1 Å². The van der Waals surface area contributed by atoms with Gasteiger partial charge in [0.05, 0.1) is 6.20 Å². The first-order valence-electron chi connectivity index (χ1n) is 3.46. The summed E-state index contributed by atoms with van der Waals surface area (Å²) in [5.74, 6) is -0.242. The van der Waals surface area contributed by atoms with Gasteiger partial charge < -0.3 is 10.2 Å². The highest BCUT2D eigenvalue weighted by Gasteiger charge is 2.03. The number of benzene rings is 1. The summed E-state index contributed by atoms with van der Waals surface area (Å²) < 4.78 is 0. The molecule has 1 aromatic heterocycles.